The van der Waals surface area contributed by atoms with Crippen molar-refractivity contribution in [2.45, 2.75) is 44.1 Å². The lowest BCUT2D eigenvalue weighted by atomic mass is 9.97. The summed E-state index contributed by atoms with van der Waals surface area (Å²) < 4.78 is 11.1. The molecule has 1 aliphatic heterocycles. The summed E-state index contributed by atoms with van der Waals surface area (Å²) in [6.45, 7) is 0.0418. The van der Waals surface area contributed by atoms with Crippen molar-refractivity contribution in [3.8, 4) is 5.75 Å². The molecule has 1 heterocycles. The van der Waals surface area contributed by atoms with Crippen molar-refractivity contribution in [3.05, 3.63) is 58.1 Å². The van der Waals surface area contributed by atoms with Gasteiger partial charge in [0.25, 0.3) is 0 Å². The fraction of sp³-hybridized carbons (Fsp3) is 0.391. The lowest BCUT2D eigenvalue weighted by Gasteiger charge is -2.36. The Balaban J connectivity index is 1.46. The number of nitrogens with one attached hydrogen (secondary N) is 3. The van der Waals surface area contributed by atoms with Gasteiger partial charge in [-0.2, -0.15) is 0 Å². The normalized spacial score (nSPS) is 20.1. The monoisotopic (exact) mass is 495 g/mol. The standard InChI is InChI=1S/C23H27Cl2N3O5/c1-32-20-5-3-2-4-18(20)27-23(31)28-19-9-7-15(33-21(19)13-29)11-22(30)26-12-14-6-8-16(24)17(25)10-14/h2-6,8,10,15,19,21,29H,7,9,11-13H2,1H3,(H,26,30)(H2,27,28,31)/t15-,19+,21+/m1/s1. The Labute approximate surface area is 202 Å². The highest BCUT2D eigenvalue weighted by Crippen LogP contribution is 2.25. The largest absolute Gasteiger partial charge is 0.495 e. The molecule has 1 saturated heterocycles. The van der Waals surface area contributed by atoms with E-state index in [0.717, 1.165) is 5.56 Å². The first-order valence-electron chi connectivity index (χ1n) is 10.6. The molecule has 3 rings (SSSR count). The molecule has 0 radical (unpaired) electrons. The number of methoxy groups -OCH3 is 1. The average molecular weight is 496 g/mol. The third kappa shape index (κ3) is 7.23. The van der Waals surface area contributed by atoms with Gasteiger partial charge in [-0.25, -0.2) is 4.79 Å². The van der Waals surface area contributed by atoms with Crippen LogP contribution in [0.3, 0.4) is 0 Å². The molecule has 0 bridgehead atoms. The van der Waals surface area contributed by atoms with E-state index in [0.29, 0.717) is 40.9 Å². The highest BCUT2D eigenvalue weighted by atomic mass is 35.5. The van der Waals surface area contributed by atoms with Gasteiger partial charge in [0, 0.05) is 6.54 Å². The van der Waals surface area contributed by atoms with Gasteiger partial charge >= 0.3 is 6.03 Å². The number of urea groups is 1. The van der Waals surface area contributed by atoms with E-state index in [9.17, 15) is 14.7 Å². The minimum atomic E-state index is -0.616. The molecule has 3 atom stereocenters. The number of halogens is 2. The molecule has 8 nitrogen and oxygen atoms in total. The third-order valence-corrected chi connectivity index (χ3v) is 6.09. The fourth-order valence-corrected chi connectivity index (χ4v) is 3.97. The molecule has 0 unspecified atom stereocenters. The number of benzene rings is 2. The molecule has 0 spiro atoms. The van der Waals surface area contributed by atoms with Crippen molar-refractivity contribution in [2.75, 3.05) is 19.0 Å². The summed E-state index contributed by atoms with van der Waals surface area (Å²) in [6, 6.07) is 11.4. The van der Waals surface area contributed by atoms with Gasteiger partial charge in [0.1, 0.15) is 11.9 Å². The third-order valence-electron chi connectivity index (χ3n) is 5.35. The molecule has 178 valence electrons. The van der Waals surface area contributed by atoms with Gasteiger partial charge in [-0.05, 0) is 42.7 Å². The van der Waals surface area contributed by atoms with Gasteiger partial charge in [0.2, 0.25) is 5.91 Å². The topological polar surface area (TPSA) is 109 Å². The Hall–Kier alpha value is -2.52. The van der Waals surface area contributed by atoms with Crippen LogP contribution in [-0.2, 0) is 16.1 Å². The highest BCUT2D eigenvalue weighted by Gasteiger charge is 2.33. The van der Waals surface area contributed by atoms with Crippen molar-refractivity contribution in [2.24, 2.45) is 0 Å². The van der Waals surface area contributed by atoms with Gasteiger partial charge in [-0.15, -0.1) is 0 Å². The summed E-state index contributed by atoms with van der Waals surface area (Å²) in [5.74, 6) is 0.362. The van der Waals surface area contributed by atoms with E-state index in [-0.39, 0.29) is 31.1 Å². The van der Waals surface area contributed by atoms with Crippen LogP contribution in [-0.4, -0.2) is 49.0 Å². The number of amides is 3. The van der Waals surface area contributed by atoms with Crippen LogP contribution in [0.2, 0.25) is 10.0 Å². The zero-order valence-corrected chi connectivity index (χ0v) is 19.7. The molecule has 0 saturated carbocycles. The number of carbonyl (C=O) groups excluding carboxylic acids is 2. The van der Waals surface area contributed by atoms with Gasteiger partial charge in [0.05, 0.1) is 48.0 Å². The minimum Gasteiger partial charge on any atom is -0.495 e. The van der Waals surface area contributed by atoms with E-state index in [4.69, 9.17) is 32.7 Å². The number of carbonyl (C=O) groups is 2. The SMILES string of the molecule is COc1ccccc1NC(=O)N[C@H]1CC[C@H](CC(=O)NCc2ccc(Cl)c(Cl)c2)O[C@H]1CO. The van der Waals surface area contributed by atoms with Crippen LogP contribution < -0.4 is 20.7 Å². The molecule has 10 heteroatoms. The Bertz CT molecular complexity index is 975. The summed E-state index contributed by atoms with van der Waals surface area (Å²) in [4.78, 5) is 24.8. The van der Waals surface area contributed by atoms with Crippen molar-refractivity contribution in [3.63, 3.8) is 0 Å². The maximum absolute atomic E-state index is 12.4. The van der Waals surface area contributed by atoms with Crippen LogP contribution in [0.4, 0.5) is 10.5 Å². The van der Waals surface area contributed by atoms with Crippen molar-refractivity contribution in [1.82, 2.24) is 10.6 Å². The van der Waals surface area contributed by atoms with Crippen molar-refractivity contribution < 1.29 is 24.2 Å². The summed E-state index contributed by atoms with van der Waals surface area (Å²) in [5.41, 5.74) is 1.37. The Morgan fingerprint density at radius 1 is 1.15 bits per heavy atom. The smallest absolute Gasteiger partial charge is 0.319 e. The Morgan fingerprint density at radius 3 is 2.67 bits per heavy atom. The van der Waals surface area contributed by atoms with E-state index in [1.165, 1.54) is 7.11 Å². The second-order valence-corrected chi connectivity index (χ2v) is 8.51. The molecule has 0 aliphatic carbocycles. The van der Waals surface area contributed by atoms with E-state index >= 15 is 0 Å². The van der Waals surface area contributed by atoms with Crippen LogP contribution in [0.15, 0.2) is 42.5 Å². The number of aliphatic hydroxyl groups is 1. The van der Waals surface area contributed by atoms with Crippen LogP contribution in [0.1, 0.15) is 24.8 Å². The number of ether oxygens (including phenoxy) is 2. The van der Waals surface area contributed by atoms with E-state index in [1.54, 1.807) is 42.5 Å². The zero-order valence-electron chi connectivity index (χ0n) is 18.1. The Morgan fingerprint density at radius 2 is 1.94 bits per heavy atom. The van der Waals surface area contributed by atoms with Crippen LogP contribution in [0.5, 0.6) is 5.75 Å². The van der Waals surface area contributed by atoms with E-state index < -0.39 is 12.1 Å². The predicted molar refractivity (Wildman–Crippen MR) is 127 cm³/mol. The minimum absolute atomic E-state index is 0.151. The van der Waals surface area contributed by atoms with Gasteiger partial charge in [-0.1, -0.05) is 41.4 Å². The molecular formula is C23H27Cl2N3O5. The molecule has 33 heavy (non-hydrogen) atoms. The number of hydrogen-bond acceptors (Lipinski definition) is 5. The first-order chi connectivity index (χ1) is 15.9. The fourth-order valence-electron chi connectivity index (χ4n) is 3.65. The first-order valence-corrected chi connectivity index (χ1v) is 11.3. The molecule has 2 aromatic rings. The number of rotatable bonds is 8. The summed E-state index contributed by atoms with van der Waals surface area (Å²) >= 11 is 11.9. The van der Waals surface area contributed by atoms with Gasteiger partial charge in [-0.3, -0.25) is 4.79 Å². The van der Waals surface area contributed by atoms with Crippen LogP contribution in [0, 0.1) is 0 Å². The highest BCUT2D eigenvalue weighted by molar-refractivity contribution is 6.42. The lowest BCUT2D eigenvalue weighted by molar-refractivity contribution is -0.130. The van der Waals surface area contributed by atoms with E-state index in [2.05, 4.69) is 16.0 Å². The maximum Gasteiger partial charge on any atom is 0.319 e. The number of para-hydroxylation sites is 2. The second-order valence-electron chi connectivity index (χ2n) is 7.69. The number of aliphatic hydroxyl groups excluding tert-OH is 1. The number of hydrogen-bond donors (Lipinski definition) is 4. The lowest BCUT2D eigenvalue weighted by Crippen LogP contribution is -2.52. The molecule has 3 amide bonds. The summed E-state index contributed by atoms with van der Waals surface area (Å²) in [5, 5.41) is 19.1. The van der Waals surface area contributed by atoms with Gasteiger partial charge < -0.3 is 30.5 Å². The average Bonchev–Trinajstić information content (AvgIpc) is 2.81. The maximum atomic E-state index is 12.4. The molecular weight excluding hydrogens is 469 g/mol. The zero-order chi connectivity index (χ0) is 23.8. The molecule has 2 aromatic carbocycles. The van der Waals surface area contributed by atoms with Crippen molar-refractivity contribution in [1.29, 1.82) is 0 Å². The molecule has 1 fully saturated rings. The van der Waals surface area contributed by atoms with Crippen LogP contribution in [0.25, 0.3) is 0 Å². The molecule has 4 N–H and O–H groups in total. The number of anilines is 1. The predicted octanol–water partition coefficient (Wildman–Crippen LogP) is 3.74. The first kappa shape index (κ1) is 25.1. The van der Waals surface area contributed by atoms with Gasteiger partial charge in [0.15, 0.2) is 0 Å². The summed E-state index contributed by atoms with van der Waals surface area (Å²) in [6.07, 6.45) is 0.310. The van der Waals surface area contributed by atoms with Crippen molar-refractivity contribution >= 4 is 40.8 Å². The molecule has 1 aliphatic rings. The summed E-state index contributed by atoms with van der Waals surface area (Å²) in [7, 11) is 1.52. The van der Waals surface area contributed by atoms with E-state index in [1.807, 2.05) is 0 Å². The second kappa shape index (κ2) is 12.1. The quantitative estimate of drug-likeness (QED) is 0.446. The molecule has 0 aromatic heterocycles. The Kier molecular flexibility index (Phi) is 9.20. The van der Waals surface area contributed by atoms with Crippen LogP contribution >= 0.6 is 23.2 Å².